The summed E-state index contributed by atoms with van der Waals surface area (Å²) in [6, 6.07) is 0. The molecule has 10 heteroatoms. The fraction of sp³-hybridized carbons (Fsp3) is 0. The van der Waals surface area contributed by atoms with Crippen molar-refractivity contribution in [1.82, 2.24) is 0 Å². The van der Waals surface area contributed by atoms with E-state index in [4.69, 9.17) is 32.5 Å². The third kappa shape index (κ3) is 21300. The molecule has 0 rings (SSSR count). The van der Waals surface area contributed by atoms with Gasteiger partial charge < -0.3 is 10.2 Å². The quantitative estimate of drug-likeness (QED) is 0.347. The first-order chi connectivity index (χ1) is 3.73. The molecule has 0 heterocycles. The van der Waals surface area contributed by atoms with Gasteiger partial charge >= 0.3 is 16.6 Å². The van der Waals surface area contributed by atoms with Crippen LogP contribution in [-0.4, -0.2) is 33.9 Å². The van der Waals surface area contributed by atoms with E-state index in [1.807, 2.05) is 0 Å². The summed E-state index contributed by atoms with van der Waals surface area (Å²) in [4.78, 5) is 8.56. The van der Waals surface area contributed by atoms with Crippen LogP contribution in [0.2, 0.25) is 0 Å². The predicted molar refractivity (Wildman–Crippen MR) is 24.8 cm³/mol. The molecule has 0 aromatic rings. The largest absolute Gasteiger partial charge is 0.503 e. The topological polar surface area (TPSA) is 132 Å². The molecule has 0 spiro atoms. The summed E-state index contributed by atoms with van der Waals surface area (Å²) in [5, 5.41) is 13.9. The molecule has 11 heavy (non-hydrogen) atoms. The molecule has 0 saturated carbocycles. The summed E-state index contributed by atoms with van der Waals surface area (Å²) in [5.74, 6) is 0. The molecule has 0 aliphatic rings. The van der Waals surface area contributed by atoms with E-state index in [-0.39, 0.29) is 34.1 Å². The van der Waals surface area contributed by atoms with E-state index in [1.165, 1.54) is 0 Å². The molecule has 0 bridgehead atoms. The van der Waals surface area contributed by atoms with Crippen LogP contribution in [0.3, 0.4) is 0 Å². The van der Waals surface area contributed by atoms with Gasteiger partial charge in [0.15, 0.2) is 0 Å². The molecular formula is CH4FeMnO7S. The molecule has 0 aromatic heterocycles. The molecule has 71 valence electrons. The van der Waals surface area contributed by atoms with E-state index >= 15 is 0 Å². The molecule has 0 fully saturated rings. The molecule has 0 aliphatic carbocycles. The van der Waals surface area contributed by atoms with Crippen LogP contribution in [0.5, 0.6) is 0 Å². The van der Waals surface area contributed by atoms with Gasteiger partial charge in [0.25, 0.3) is 0 Å². The van der Waals surface area contributed by atoms with Crippen molar-refractivity contribution in [3.05, 3.63) is 0 Å². The van der Waals surface area contributed by atoms with Crippen LogP contribution in [0.15, 0.2) is 0 Å². The Kier molecular flexibility index (Phi) is 20.8. The van der Waals surface area contributed by atoms with Crippen molar-refractivity contribution in [3.63, 3.8) is 0 Å². The fourth-order valence-corrected chi connectivity index (χ4v) is 0. The van der Waals surface area contributed by atoms with Gasteiger partial charge in [0, 0.05) is 34.1 Å². The molecule has 0 saturated heterocycles. The monoisotopic (exact) mass is 271 g/mol. The molecule has 4 N–H and O–H groups in total. The van der Waals surface area contributed by atoms with E-state index < -0.39 is 16.6 Å². The Balaban J connectivity index is -0.0000000383. The summed E-state index contributed by atoms with van der Waals surface area (Å²) in [5.41, 5.74) is 0. The molecule has 7 nitrogen and oxygen atoms in total. The number of carboxylic acid groups (broad SMARTS) is 2. The van der Waals surface area contributed by atoms with Crippen molar-refractivity contribution in [2.24, 2.45) is 0 Å². The Labute approximate surface area is 83.3 Å². The SMILES string of the molecule is O=C(O)O.O=S(=O)(O)O.[Fe].[Mn]. The summed E-state index contributed by atoms with van der Waals surface area (Å²) >= 11 is 0. The van der Waals surface area contributed by atoms with Crippen LogP contribution >= 0.6 is 0 Å². The molecule has 1 radical (unpaired) electrons. The van der Waals surface area contributed by atoms with E-state index in [0.717, 1.165) is 0 Å². The first-order valence-electron chi connectivity index (χ1n) is 1.35. The predicted octanol–water partition coefficient (Wildman–Crippen LogP) is -0.435. The van der Waals surface area contributed by atoms with Gasteiger partial charge in [-0.25, -0.2) is 4.79 Å². The number of hydrogen-bond donors (Lipinski definition) is 4. The van der Waals surface area contributed by atoms with Crippen LogP contribution in [0, 0.1) is 0 Å². The normalized spacial score (nSPS) is 7.45. The summed E-state index contributed by atoms with van der Waals surface area (Å²) in [6.07, 6.45) is -1.83. The van der Waals surface area contributed by atoms with Crippen LogP contribution < -0.4 is 0 Å². The molecular weight excluding hydrogens is 267 g/mol. The van der Waals surface area contributed by atoms with Crippen molar-refractivity contribution in [2.45, 2.75) is 0 Å². The molecule has 0 amide bonds. The minimum atomic E-state index is -4.67. The van der Waals surface area contributed by atoms with Crippen molar-refractivity contribution in [3.8, 4) is 0 Å². The molecule has 0 atom stereocenters. The first-order valence-corrected chi connectivity index (χ1v) is 2.75. The van der Waals surface area contributed by atoms with Crippen molar-refractivity contribution in [2.75, 3.05) is 0 Å². The standard InChI is InChI=1S/CH2O3.Fe.Mn.H2O4S/c2-1(3)4;;;1-5(2,3)4/h(H2,2,3,4);;;(H2,1,2,3,4). The molecule has 0 aromatic carbocycles. The Morgan fingerprint density at radius 3 is 1.09 bits per heavy atom. The van der Waals surface area contributed by atoms with Crippen molar-refractivity contribution >= 4 is 16.6 Å². The van der Waals surface area contributed by atoms with Crippen molar-refractivity contribution < 1.29 is 66.7 Å². The van der Waals surface area contributed by atoms with Crippen LogP contribution in [-0.2, 0) is 44.5 Å². The van der Waals surface area contributed by atoms with E-state index in [2.05, 4.69) is 0 Å². The number of carbonyl (C=O) groups is 1. The van der Waals surface area contributed by atoms with Gasteiger partial charge in [0.05, 0.1) is 0 Å². The zero-order valence-electron chi connectivity index (χ0n) is 4.65. The maximum atomic E-state index is 8.74. The van der Waals surface area contributed by atoms with E-state index in [9.17, 15) is 0 Å². The Hall–Kier alpha value is 0.179. The second kappa shape index (κ2) is 10.2. The molecule has 0 unspecified atom stereocenters. The third-order valence-corrected chi connectivity index (χ3v) is 0. The Bertz CT molecular complexity index is 161. The van der Waals surface area contributed by atoms with E-state index in [1.54, 1.807) is 0 Å². The first kappa shape index (κ1) is 22.5. The maximum Gasteiger partial charge on any atom is 0.503 e. The average Bonchev–Trinajstić information content (AvgIpc) is 1.19. The molecule has 0 aliphatic heterocycles. The van der Waals surface area contributed by atoms with Gasteiger partial charge in [0.2, 0.25) is 0 Å². The second-order valence-corrected chi connectivity index (χ2v) is 1.63. The van der Waals surface area contributed by atoms with Gasteiger partial charge in [-0.15, -0.1) is 0 Å². The summed E-state index contributed by atoms with van der Waals surface area (Å²) in [7, 11) is -4.67. The zero-order valence-corrected chi connectivity index (χ0v) is 7.75. The number of rotatable bonds is 0. The van der Waals surface area contributed by atoms with Gasteiger partial charge in [-0.05, 0) is 0 Å². The van der Waals surface area contributed by atoms with E-state index in [0.29, 0.717) is 0 Å². The maximum absolute atomic E-state index is 8.74. The minimum Gasteiger partial charge on any atom is -0.450 e. The van der Waals surface area contributed by atoms with Crippen LogP contribution in [0.4, 0.5) is 4.79 Å². The van der Waals surface area contributed by atoms with Gasteiger partial charge in [-0.2, -0.15) is 8.42 Å². The third-order valence-electron chi connectivity index (χ3n) is 0. The van der Waals surface area contributed by atoms with Crippen LogP contribution in [0.1, 0.15) is 0 Å². The Morgan fingerprint density at radius 1 is 1.09 bits per heavy atom. The zero-order chi connectivity index (χ0) is 8.08. The van der Waals surface area contributed by atoms with Gasteiger partial charge in [0.1, 0.15) is 0 Å². The van der Waals surface area contributed by atoms with Crippen molar-refractivity contribution in [1.29, 1.82) is 0 Å². The van der Waals surface area contributed by atoms with Gasteiger partial charge in [-0.1, -0.05) is 0 Å². The smallest absolute Gasteiger partial charge is 0.450 e. The number of hydrogen-bond acceptors (Lipinski definition) is 3. The Morgan fingerprint density at radius 2 is 1.09 bits per heavy atom. The van der Waals surface area contributed by atoms with Crippen LogP contribution in [0.25, 0.3) is 0 Å². The minimum absolute atomic E-state index is 0. The van der Waals surface area contributed by atoms with Gasteiger partial charge in [-0.3, -0.25) is 9.11 Å². The average molecular weight is 271 g/mol. The summed E-state index contributed by atoms with van der Waals surface area (Å²) in [6.45, 7) is 0. The second-order valence-electron chi connectivity index (χ2n) is 0.730. The summed E-state index contributed by atoms with van der Waals surface area (Å²) < 4.78 is 31.6. The fourth-order valence-electron chi connectivity index (χ4n) is 0.